The highest BCUT2D eigenvalue weighted by atomic mass is 28.3. The maximum Gasteiger partial charge on any atom is 0.0775 e. The molecule has 0 saturated heterocycles. The number of hydrogen-bond donors (Lipinski definition) is 0. The van der Waals surface area contributed by atoms with Gasteiger partial charge >= 0.3 is 0 Å². The molecule has 0 amide bonds. The fraction of sp³-hybridized carbons (Fsp3) is 0.158. The van der Waals surface area contributed by atoms with E-state index in [1.54, 1.807) is 0 Å². The monoisotopic (exact) mass is 276 g/mol. The maximum atomic E-state index is 2.39. The smallest absolute Gasteiger partial charge is 0.0656 e. The van der Waals surface area contributed by atoms with Crippen LogP contribution in [-0.2, 0) is 0 Å². The van der Waals surface area contributed by atoms with Gasteiger partial charge in [0, 0.05) is 0 Å². The summed E-state index contributed by atoms with van der Waals surface area (Å²) in [4.78, 5) is 0. The molecule has 0 saturated carbocycles. The first kappa shape index (κ1) is 13.1. The number of hydrogen-bond acceptors (Lipinski definition) is 0. The van der Waals surface area contributed by atoms with Crippen LogP contribution in [0.5, 0.6) is 0 Å². The summed E-state index contributed by atoms with van der Waals surface area (Å²) in [6.45, 7) is 7.16. The van der Waals surface area contributed by atoms with Crippen LogP contribution in [0.3, 0.4) is 0 Å². The molecule has 0 bridgehead atoms. The minimum Gasteiger partial charge on any atom is -0.0656 e. The third-order valence-corrected chi connectivity index (χ3v) is 5.90. The highest BCUT2D eigenvalue weighted by Gasteiger charge is 2.15. The van der Waals surface area contributed by atoms with Crippen LogP contribution in [0.25, 0.3) is 21.9 Å². The molecule has 0 aromatic heterocycles. The Labute approximate surface area is 122 Å². The van der Waals surface area contributed by atoms with E-state index in [2.05, 4.69) is 86.4 Å². The molecule has 0 unspecified atom stereocenters. The second-order valence-electron chi connectivity index (χ2n) is 6.39. The molecule has 20 heavy (non-hydrogen) atoms. The van der Waals surface area contributed by atoms with Crippen LogP contribution in [0.4, 0.5) is 0 Å². The van der Waals surface area contributed by atoms with Crippen molar-refractivity contribution in [1.29, 1.82) is 0 Å². The Balaban J connectivity index is 2.02. The molecule has 3 aromatic carbocycles. The average Bonchev–Trinajstić information content (AvgIpc) is 2.46. The molecule has 0 atom stereocenters. The van der Waals surface area contributed by atoms with E-state index in [9.17, 15) is 0 Å². The van der Waals surface area contributed by atoms with Gasteiger partial charge in [-0.15, -0.1) is 0 Å². The first-order chi connectivity index (χ1) is 9.54. The van der Waals surface area contributed by atoms with Crippen molar-refractivity contribution in [2.75, 3.05) is 0 Å². The van der Waals surface area contributed by atoms with Crippen LogP contribution in [0.1, 0.15) is 0 Å². The van der Waals surface area contributed by atoms with Crippen LogP contribution in [0.2, 0.25) is 19.6 Å². The van der Waals surface area contributed by atoms with E-state index in [-0.39, 0.29) is 0 Å². The fourth-order valence-corrected chi connectivity index (χ4v) is 3.70. The number of fused-ring (bicyclic) bond motifs is 1. The van der Waals surface area contributed by atoms with Crippen molar-refractivity contribution < 1.29 is 0 Å². The second-order valence-corrected chi connectivity index (χ2v) is 11.5. The zero-order chi connectivity index (χ0) is 14.2. The van der Waals surface area contributed by atoms with Gasteiger partial charge in [-0.3, -0.25) is 0 Å². The molecule has 100 valence electrons. The van der Waals surface area contributed by atoms with E-state index in [4.69, 9.17) is 0 Å². The summed E-state index contributed by atoms with van der Waals surface area (Å²) in [5.41, 5.74) is 2.60. The summed E-state index contributed by atoms with van der Waals surface area (Å²) in [7, 11) is -1.20. The van der Waals surface area contributed by atoms with Crippen molar-refractivity contribution in [2.45, 2.75) is 19.6 Å². The molecule has 3 aromatic rings. The van der Waals surface area contributed by atoms with E-state index in [0.717, 1.165) is 0 Å². The summed E-state index contributed by atoms with van der Waals surface area (Å²) in [5.74, 6) is 0. The molecule has 0 radical (unpaired) electrons. The van der Waals surface area contributed by atoms with Crippen molar-refractivity contribution in [3.63, 3.8) is 0 Å². The van der Waals surface area contributed by atoms with E-state index in [1.807, 2.05) is 0 Å². The molecule has 0 heterocycles. The molecule has 0 aliphatic carbocycles. The Hall–Kier alpha value is -1.86. The molecule has 1 heteroatoms. The molecular weight excluding hydrogens is 256 g/mol. The summed E-state index contributed by atoms with van der Waals surface area (Å²) in [6, 6.07) is 24.3. The fourth-order valence-electron chi connectivity index (χ4n) is 2.53. The van der Waals surface area contributed by atoms with Crippen LogP contribution in [0, 0.1) is 0 Å². The minimum absolute atomic E-state index is 1.20. The van der Waals surface area contributed by atoms with E-state index >= 15 is 0 Å². The van der Waals surface area contributed by atoms with Gasteiger partial charge < -0.3 is 0 Å². The summed E-state index contributed by atoms with van der Waals surface area (Å²) in [5, 5.41) is 4.12. The van der Waals surface area contributed by atoms with Gasteiger partial charge in [-0.05, 0) is 28.0 Å². The van der Waals surface area contributed by atoms with Crippen LogP contribution < -0.4 is 5.19 Å². The molecule has 0 aliphatic rings. The first-order valence-corrected chi connectivity index (χ1v) is 10.6. The van der Waals surface area contributed by atoms with Gasteiger partial charge in [-0.2, -0.15) is 0 Å². The zero-order valence-corrected chi connectivity index (χ0v) is 13.4. The van der Waals surface area contributed by atoms with Gasteiger partial charge in [0.25, 0.3) is 0 Å². The van der Waals surface area contributed by atoms with Gasteiger partial charge in [0.05, 0.1) is 8.07 Å². The lowest BCUT2D eigenvalue weighted by Crippen LogP contribution is -2.37. The van der Waals surface area contributed by atoms with Crippen molar-refractivity contribution in [3.8, 4) is 11.1 Å². The van der Waals surface area contributed by atoms with Gasteiger partial charge in [0.15, 0.2) is 0 Å². The Morgan fingerprint density at radius 2 is 1.20 bits per heavy atom. The molecule has 0 N–H and O–H groups in total. The van der Waals surface area contributed by atoms with Gasteiger partial charge in [-0.1, -0.05) is 85.5 Å². The SMILES string of the molecule is C[Si](C)(C)c1ccc(-c2ccc3ccccc3c2)cc1. The van der Waals surface area contributed by atoms with Crippen molar-refractivity contribution in [2.24, 2.45) is 0 Å². The van der Waals surface area contributed by atoms with E-state index < -0.39 is 8.07 Å². The summed E-state index contributed by atoms with van der Waals surface area (Å²) < 4.78 is 0. The summed E-state index contributed by atoms with van der Waals surface area (Å²) >= 11 is 0. The zero-order valence-electron chi connectivity index (χ0n) is 12.4. The van der Waals surface area contributed by atoms with E-state index in [1.165, 1.54) is 27.1 Å². The van der Waals surface area contributed by atoms with Crippen molar-refractivity contribution >= 4 is 24.0 Å². The predicted octanol–water partition coefficient (Wildman–Crippen LogP) is 5.05. The molecule has 3 rings (SSSR count). The molecule has 0 spiro atoms. The third kappa shape index (κ3) is 2.54. The maximum absolute atomic E-state index is 2.39. The standard InChI is InChI=1S/C19H20Si/c1-20(2,3)19-12-10-16(11-13-19)18-9-8-15-6-4-5-7-17(15)14-18/h4-14H,1-3H3. The van der Waals surface area contributed by atoms with Gasteiger partial charge in [0.1, 0.15) is 0 Å². The van der Waals surface area contributed by atoms with Crippen LogP contribution in [-0.4, -0.2) is 8.07 Å². The molecule has 0 aliphatic heterocycles. The Morgan fingerprint density at radius 3 is 1.85 bits per heavy atom. The lowest BCUT2D eigenvalue weighted by molar-refractivity contribution is 1.64. The average molecular weight is 276 g/mol. The minimum atomic E-state index is -1.20. The second kappa shape index (κ2) is 4.91. The molecule has 0 fully saturated rings. The largest absolute Gasteiger partial charge is 0.0775 e. The highest BCUT2D eigenvalue weighted by molar-refractivity contribution is 6.88. The van der Waals surface area contributed by atoms with E-state index in [0.29, 0.717) is 0 Å². The van der Waals surface area contributed by atoms with Gasteiger partial charge in [0.2, 0.25) is 0 Å². The first-order valence-electron chi connectivity index (χ1n) is 7.14. The van der Waals surface area contributed by atoms with Crippen LogP contribution >= 0.6 is 0 Å². The third-order valence-electron chi connectivity index (χ3n) is 3.83. The molecular formula is C19H20Si. The Morgan fingerprint density at radius 1 is 0.600 bits per heavy atom. The predicted molar refractivity (Wildman–Crippen MR) is 92.4 cm³/mol. The Bertz CT molecular complexity index is 734. The molecule has 0 nitrogen and oxygen atoms in total. The summed E-state index contributed by atoms with van der Waals surface area (Å²) in [6.07, 6.45) is 0. The lowest BCUT2D eigenvalue weighted by Gasteiger charge is -2.16. The highest BCUT2D eigenvalue weighted by Crippen LogP contribution is 2.24. The Kier molecular flexibility index (Phi) is 3.23. The van der Waals surface area contributed by atoms with Crippen molar-refractivity contribution in [3.05, 3.63) is 66.7 Å². The normalized spacial score (nSPS) is 11.8. The lowest BCUT2D eigenvalue weighted by atomic mass is 10.0. The topological polar surface area (TPSA) is 0 Å². The van der Waals surface area contributed by atoms with Gasteiger partial charge in [-0.25, -0.2) is 0 Å². The van der Waals surface area contributed by atoms with Crippen molar-refractivity contribution in [1.82, 2.24) is 0 Å². The quantitative estimate of drug-likeness (QED) is 0.574. The number of rotatable bonds is 2. The van der Waals surface area contributed by atoms with Crippen LogP contribution in [0.15, 0.2) is 66.7 Å². The number of benzene rings is 3.